The largest absolute Gasteiger partial charge is 0.507 e. The van der Waals surface area contributed by atoms with Gasteiger partial charge in [0.15, 0.2) is 11.4 Å². The van der Waals surface area contributed by atoms with Crippen molar-refractivity contribution in [2.45, 2.75) is 31.0 Å². The van der Waals surface area contributed by atoms with Crippen molar-refractivity contribution in [1.29, 1.82) is 0 Å². The highest BCUT2D eigenvalue weighted by Gasteiger charge is 2.63. The van der Waals surface area contributed by atoms with Crippen molar-refractivity contribution < 1.29 is 34.8 Å². The zero-order chi connectivity index (χ0) is 24.2. The van der Waals surface area contributed by atoms with Crippen molar-refractivity contribution in [2.24, 2.45) is 23.5 Å². The normalized spacial score (nSPS) is 30.8. The molecule has 0 heterocycles. The van der Waals surface area contributed by atoms with Gasteiger partial charge in [-0.1, -0.05) is 11.8 Å². The lowest BCUT2D eigenvalue weighted by Crippen LogP contribution is -2.66. The third-order valence-corrected chi connectivity index (χ3v) is 6.89. The quantitative estimate of drug-likeness (QED) is 0.295. The molecule has 5 atom stereocenters. The smallest absolute Gasteiger partial charge is 0.230 e. The van der Waals surface area contributed by atoms with Crippen LogP contribution in [0.25, 0.3) is 5.76 Å². The minimum Gasteiger partial charge on any atom is -0.507 e. The Hall–Kier alpha value is -3.19. The third kappa shape index (κ3) is 3.42. The van der Waals surface area contributed by atoms with E-state index in [2.05, 4.69) is 11.8 Å². The summed E-state index contributed by atoms with van der Waals surface area (Å²) in [6.45, 7) is 0.501. The van der Waals surface area contributed by atoms with Crippen LogP contribution in [0.2, 0.25) is 0 Å². The maximum absolute atomic E-state index is 13.4. The van der Waals surface area contributed by atoms with E-state index in [1.807, 2.05) is 19.0 Å². The molecule has 1 aromatic carbocycles. The topological polar surface area (TPSA) is 161 Å². The molecule has 0 radical (unpaired) electrons. The van der Waals surface area contributed by atoms with E-state index in [9.17, 15) is 34.8 Å². The van der Waals surface area contributed by atoms with Crippen LogP contribution in [0, 0.1) is 29.6 Å². The number of hydrogen-bond acceptors (Lipinski definition) is 8. The first-order valence-corrected chi connectivity index (χ1v) is 10.7. The van der Waals surface area contributed by atoms with Crippen LogP contribution in [0.1, 0.15) is 29.5 Å². The number of phenolic OH excluding ortho intramolecular Hbond substituents is 1. The molecule has 4 rings (SSSR count). The standard InChI is InChI=1S/C24H26N2O7/c1-26(2)7-3-4-11-5-6-15(27)18-14(11)9-12-8-13-10-16(28)19(23(25)32)22(31)24(13,33)21(30)17(12)20(18)29/h5-6,12-13,16,19,27-29,33H,7-10H2,1-2H3,(H2,25,32)/t12?,13?,16?,19?,24-/m0/s1. The number of carbonyl (C=O) groups is 3. The molecule has 1 aromatic rings. The maximum Gasteiger partial charge on any atom is 0.230 e. The first-order valence-electron chi connectivity index (χ1n) is 10.7. The highest BCUT2D eigenvalue weighted by atomic mass is 16.3. The predicted molar refractivity (Wildman–Crippen MR) is 117 cm³/mol. The van der Waals surface area contributed by atoms with Crippen molar-refractivity contribution in [2.75, 3.05) is 20.6 Å². The molecule has 9 nitrogen and oxygen atoms in total. The Kier molecular flexibility index (Phi) is 5.56. The molecule has 0 aromatic heterocycles. The molecular formula is C24H26N2O7. The van der Waals surface area contributed by atoms with Crippen LogP contribution >= 0.6 is 0 Å². The van der Waals surface area contributed by atoms with Gasteiger partial charge in [0.2, 0.25) is 11.7 Å². The Bertz CT molecular complexity index is 1160. The molecular weight excluding hydrogens is 428 g/mol. The highest BCUT2D eigenvalue weighted by Crippen LogP contribution is 2.51. The van der Waals surface area contributed by atoms with Gasteiger partial charge in [0.05, 0.1) is 18.2 Å². The number of rotatable bonds is 2. The average Bonchev–Trinajstić information content (AvgIpc) is 2.71. The van der Waals surface area contributed by atoms with Gasteiger partial charge >= 0.3 is 0 Å². The maximum atomic E-state index is 13.4. The molecule has 33 heavy (non-hydrogen) atoms. The van der Waals surface area contributed by atoms with E-state index in [0.29, 0.717) is 17.7 Å². The van der Waals surface area contributed by atoms with E-state index in [1.165, 1.54) is 6.07 Å². The summed E-state index contributed by atoms with van der Waals surface area (Å²) in [7, 11) is 3.75. The number of hydrogen-bond donors (Lipinski definition) is 5. The molecule has 0 saturated heterocycles. The van der Waals surface area contributed by atoms with Crippen molar-refractivity contribution in [3.8, 4) is 17.6 Å². The number of carbonyl (C=O) groups excluding carboxylic acids is 3. The SMILES string of the molecule is CN(C)CC#Cc1ccc(O)c2c1CC1CC3CC(O)C(C(N)=O)C(=O)[C@@]3(O)C(=O)C1=C2O. The number of ketones is 2. The van der Waals surface area contributed by atoms with Crippen LogP contribution in [0.15, 0.2) is 17.7 Å². The second-order valence-corrected chi connectivity index (χ2v) is 9.26. The van der Waals surface area contributed by atoms with Gasteiger partial charge in [-0.05, 0) is 57.0 Å². The number of benzene rings is 1. The fraction of sp³-hybridized carbons (Fsp3) is 0.458. The van der Waals surface area contributed by atoms with Crippen LogP contribution in [-0.2, 0) is 20.8 Å². The second kappa shape index (κ2) is 7.99. The lowest BCUT2D eigenvalue weighted by molar-refractivity contribution is -0.174. The summed E-state index contributed by atoms with van der Waals surface area (Å²) in [5.41, 5.74) is 3.71. The Morgan fingerprint density at radius 2 is 1.94 bits per heavy atom. The van der Waals surface area contributed by atoms with Gasteiger partial charge in [-0.3, -0.25) is 19.3 Å². The van der Waals surface area contributed by atoms with Crippen molar-refractivity contribution in [1.82, 2.24) is 4.90 Å². The Balaban J connectivity index is 1.83. The highest BCUT2D eigenvalue weighted by molar-refractivity contribution is 6.24. The van der Waals surface area contributed by atoms with Crippen LogP contribution in [0.3, 0.4) is 0 Å². The lowest BCUT2D eigenvalue weighted by atomic mass is 9.56. The van der Waals surface area contributed by atoms with Gasteiger partial charge in [0.25, 0.3) is 0 Å². The number of fused-ring (bicyclic) bond motifs is 3. The first kappa shape index (κ1) is 23.0. The number of nitrogens with zero attached hydrogens (tertiary/aromatic N) is 1. The number of nitrogens with two attached hydrogens (primary N) is 1. The number of aliphatic hydroxyl groups excluding tert-OH is 2. The molecule has 1 amide bonds. The first-order chi connectivity index (χ1) is 15.5. The minimum absolute atomic E-state index is 0.0445. The summed E-state index contributed by atoms with van der Waals surface area (Å²) >= 11 is 0. The molecule has 0 bridgehead atoms. The van der Waals surface area contributed by atoms with Crippen molar-refractivity contribution in [3.63, 3.8) is 0 Å². The number of Topliss-reactive ketones (excluding diaryl/α,β-unsaturated/α-hetero) is 2. The predicted octanol–water partition coefficient (Wildman–Crippen LogP) is -0.498. The van der Waals surface area contributed by atoms with Gasteiger partial charge < -0.3 is 26.2 Å². The van der Waals surface area contributed by atoms with E-state index < -0.39 is 52.7 Å². The van der Waals surface area contributed by atoms with Crippen LogP contribution in [-0.4, -0.2) is 75.1 Å². The monoisotopic (exact) mass is 454 g/mol. The molecule has 0 aliphatic heterocycles. The summed E-state index contributed by atoms with van der Waals surface area (Å²) < 4.78 is 0. The Morgan fingerprint density at radius 3 is 2.58 bits per heavy atom. The van der Waals surface area contributed by atoms with Gasteiger partial charge in [0, 0.05) is 17.1 Å². The Labute approximate surface area is 190 Å². The third-order valence-electron chi connectivity index (χ3n) is 6.89. The molecule has 3 aliphatic rings. The lowest BCUT2D eigenvalue weighted by Gasteiger charge is -2.48. The molecule has 0 spiro atoms. The van der Waals surface area contributed by atoms with Crippen LogP contribution < -0.4 is 5.73 Å². The van der Waals surface area contributed by atoms with Crippen molar-refractivity contribution in [3.05, 3.63) is 34.4 Å². The average molecular weight is 454 g/mol. The summed E-state index contributed by atoms with van der Waals surface area (Å²) in [6, 6.07) is 3.01. The number of amides is 1. The molecule has 9 heteroatoms. The number of primary amides is 1. The Morgan fingerprint density at radius 1 is 1.24 bits per heavy atom. The van der Waals surface area contributed by atoms with E-state index in [-0.39, 0.29) is 36.1 Å². The summed E-state index contributed by atoms with van der Waals surface area (Å²) in [5.74, 6) is -1.22. The van der Waals surface area contributed by atoms with Gasteiger partial charge in [-0.15, -0.1) is 0 Å². The fourth-order valence-corrected chi connectivity index (χ4v) is 5.34. The van der Waals surface area contributed by atoms with Crippen molar-refractivity contribution >= 4 is 23.2 Å². The number of aliphatic hydroxyl groups is 3. The number of aromatic hydroxyl groups is 1. The number of phenols is 1. The zero-order valence-corrected chi connectivity index (χ0v) is 18.3. The van der Waals surface area contributed by atoms with E-state index in [1.54, 1.807) is 6.07 Å². The van der Waals surface area contributed by atoms with Crippen LogP contribution in [0.4, 0.5) is 0 Å². The molecule has 6 N–H and O–H groups in total. The van der Waals surface area contributed by atoms with E-state index in [4.69, 9.17) is 5.73 Å². The summed E-state index contributed by atoms with van der Waals surface area (Å²) in [5, 5.41) is 43.0. The van der Waals surface area contributed by atoms with Gasteiger partial charge in [0.1, 0.15) is 17.4 Å². The van der Waals surface area contributed by atoms with E-state index in [0.717, 1.165) is 0 Å². The zero-order valence-electron chi connectivity index (χ0n) is 18.3. The van der Waals surface area contributed by atoms with Gasteiger partial charge in [-0.25, -0.2) is 0 Å². The van der Waals surface area contributed by atoms with E-state index >= 15 is 0 Å². The molecule has 2 saturated carbocycles. The molecule has 2 fully saturated rings. The molecule has 174 valence electrons. The minimum atomic E-state index is -2.57. The second-order valence-electron chi connectivity index (χ2n) is 9.26. The summed E-state index contributed by atoms with van der Waals surface area (Å²) in [6.07, 6.45) is -1.19. The fourth-order valence-electron chi connectivity index (χ4n) is 5.34. The van der Waals surface area contributed by atoms with Crippen LogP contribution in [0.5, 0.6) is 5.75 Å². The summed E-state index contributed by atoms with van der Waals surface area (Å²) in [4.78, 5) is 40.0. The molecule has 4 unspecified atom stereocenters. The van der Waals surface area contributed by atoms with Gasteiger partial charge in [-0.2, -0.15) is 0 Å². The molecule has 3 aliphatic carbocycles.